The smallest absolute Gasteiger partial charge is 1.00 e. The van der Waals surface area contributed by atoms with Crippen LogP contribution in [0.25, 0.3) is 11.2 Å². The fourth-order valence-electron chi connectivity index (χ4n) is 0.955. The second-order valence-electron chi connectivity index (χ2n) is 2.07. The minimum Gasteiger partial charge on any atom is -1.00 e. The summed E-state index contributed by atoms with van der Waals surface area (Å²) in [4.78, 5) is 14.9. The first-order chi connectivity index (χ1) is 5.42. The molecule has 0 atom stereocenters. The van der Waals surface area contributed by atoms with Crippen molar-refractivity contribution >= 4 is 17.0 Å². The van der Waals surface area contributed by atoms with Gasteiger partial charge in [0.1, 0.15) is 11.8 Å². The molecule has 6 heteroatoms. The van der Waals surface area contributed by atoms with Gasteiger partial charge in [0.2, 0.25) is 0 Å². The van der Waals surface area contributed by atoms with Crippen LogP contribution in [0.1, 0.15) is 1.43 Å². The van der Waals surface area contributed by atoms with Crippen LogP contribution >= 0.6 is 0 Å². The molecule has 0 saturated heterocycles. The summed E-state index contributed by atoms with van der Waals surface area (Å²) in [6.45, 7) is 0. The Morgan fingerprint density at radius 3 is 3.00 bits per heavy atom. The summed E-state index contributed by atoms with van der Waals surface area (Å²) in [5.74, 6) is 0.771. The van der Waals surface area contributed by atoms with Gasteiger partial charge in [-0.05, 0) is 0 Å². The molecule has 2 aromatic heterocycles. The number of fused-ring (bicyclic) bond motifs is 1. The molecular formula is C6H8N5Na. The molecule has 0 fully saturated rings. The normalized spacial score (nSPS) is 9.42. The maximum atomic E-state index is 4.00. The molecule has 0 unspecified atom stereocenters. The molecule has 12 heavy (non-hydrogen) atoms. The number of anilines is 1. The maximum absolute atomic E-state index is 4.00. The average molecular weight is 173 g/mol. The molecule has 2 heterocycles. The second-order valence-corrected chi connectivity index (χ2v) is 2.07. The molecule has 0 amide bonds. The van der Waals surface area contributed by atoms with E-state index in [-0.39, 0.29) is 31.0 Å². The second kappa shape index (κ2) is 3.84. The summed E-state index contributed by atoms with van der Waals surface area (Å²) >= 11 is 0. The number of H-pyrrole nitrogens is 1. The molecule has 5 nitrogen and oxygen atoms in total. The first-order valence-electron chi connectivity index (χ1n) is 3.23. The van der Waals surface area contributed by atoms with E-state index in [4.69, 9.17) is 0 Å². The Bertz CT molecular complexity index is 376. The van der Waals surface area contributed by atoms with Crippen molar-refractivity contribution in [2.24, 2.45) is 0 Å². The van der Waals surface area contributed by atoms with Crippen molar-refractivity contribution < 1.29 is 31.0 Å². The van der Waals surface area contributed by atoms with E-state index >= 15 is 0 Å². The topological polar surface area (TPSA) is 66.5 Å². The van der Waals surface area contributed by atoms with Crippen molar-refractivity contribution in [1.82, 2.24) is 19.9 Å². The summed E-state index contributed by atoms with van der Waals surface area (Å²) < 4.78 is 0. The fraction of sp³-hybridized carbons (Fsp3) is 0.167. The third-order valence-electron chi connectivity index (χ3n) is 1.46. The molecule has 58 valence electrons. The minimum atomic E-state index is 0. The summed E-state index contributed by atoms with van der Waals surface area (Å²) in [6.07, 6.45) is 3.08. The van der Waals surface area contributed by atoms with Gasteiger partial charge in [-0.1, -0.05) is 0 Å². The van der Waals surface area contributed by atoms with Gasteiger partial charge in [-0.15, -0.1) is 0 Å². The van der Waals surface area contributed by atoms with Crippen LogP contribution in [-0.4, -0.2) is 27.0 Å². The quantitative estimate of drug-likeness (QED) is 0.468. The molecule has 0 aromatic carbocycles. The Labute approximate surface area is 92.8 Å². The van der Waals surface area contributed by atoms with Crippen molar-refractivity contribution in [1.29, 1.82) is 0 Å². The number of nitrogens with one attached hydrogen (secondary N) is 2. The van der Waals surface area contributed by atoms with E-state index in [0.29, 0.717) is 5.65 Å². The Morgan fingerprint density at radius 2 is 2.25 bits per heavy atom. The number of imidazole rings is 1. The van der Waals surface area contributed by atoms with Gasteiger partial charge in [-0.2, -0.15) is 0 Å². The van der Waals surface area contributed by atoms with Gasteiger partial charge in [0, 0.05) is 7.05 Å². The molecule has 2 aromatic rings. The van der Waals surface area contributed by atoms with Crippen LogP contribution in [0, 0.1) is 0 Å². The first kappa shape index (κ1) is 9.44. The number of hydrogen-bond donors (Lipinski definition) is 2. The fourth-order valence-corrected chi connectivity index (χ4v) is 0.955. The Balaban J connectivity index is 0.000000720. The standard InChI is InChI=1S/C6H7N5.Na.H/c1-7-5-4-6(10-2-8-4)11-3-9-5;;/h2-3H,1H3,(H2,7,8,9,10,11);;/q;+1;-1. The van der Waals surface area contributed by atoms with Crippen LogP contribution in [0.5, 0.6) is 0 Å². The average Bonchev–Trinajstić information content (AvgIpc) is 2.50. The van der Waals surface area contributed by atoms with Gasteiger partial charge >= 0.3 is 29.6 Å². The van der Waals surface area contributed by atoms with Gasteiger partial charge in [0.05, 0.1) is 6.33 Å². The van der Waals surface area contributed by atoms with Crippen molar-refractivity contribution in [2.45, 2.75) is 0 Å². The number of aromatic nitrogens is 4. The van der Waals surface area contributed by atoms with Crippen LogP contribution in [-0.2, 0) is 0 Å². The Morgan fingerprint density at radius 1 is 1.42 bits per heavy atom. The van der Waals surface area contributed by atoms with Crippen LogP contribution in [0.15, 0.2) is 12.7 Å². The van der Waals surface area contributed by atoms with Gasteiger partial charge in [-0.25, -0.2) is 15.0 Å². The van der Waals surface area contributed by atoms with Gasteiger partial charge in [-0.3, -0.25) is 0 Å². The van der Waals surface area contributed by atoms with Crippen molar-refractivity contribution in [3.63, 3.8) is 0 Å². The van der Waals surface area contributed by atoms with E-state index in [1.165, 1.54) is 6.33 Å². The predicted octanol–water partition coefficient (Wildman–Crippen LogP) is -2.49. The van der Waals surface area contributed by atoms with Crippen LogP contribution in [0.2, 0.25) is 0 Å². The van der Waals surface area contributed by atoms with E-state index in [1.54, 1.807) is 6.33 Å². The Kier molecular flexibility index (Phi) is 3.02. The zero-order valence-electron chi connectivity index (χ0n) is 8.00. The summed E-state index contributed by atoms with van der Waals surface area (Å²) in [6, 6.07) is 0. The van der Waals surface area contributed by atoms with E-state index in [0.717, 1.165) is 11.3 Å². The van der Waals surface area contributed by atoms with Crippen LogP contribution in [0.3, 0.4) is 0 Å². The molecule has 0 aliphatic rings. The number of nitrogens with zero attached hydrogens (tertiary/aromatic N) is 3. The first-order valence-corrected chi connectivity index (χ1v) is 3.23. The predicted molar refractivity (Wildman–Crippen MR) is 42.3 cm³/mol. The summed E-state index contributed by atoms with van der Waals surface area (Å²) in [5.41, 5.74) is 1.53. The zero-order valence-corrected chi connectivity index (χ0v) is 9.00. The van der Waals surface area contributed by atoms with E-state index in [2.05, 4.69) is 25.3 Å². The summed E-state index contributed by atoms with van der Waals surface area (Å²) in [5, 5.41) is 2.93. The zero-order chi connectivity index (χ0) is 7.68. The summed E-state index contributed by atoms with van der Waals surface area (Å²) in [7, 11) is 1.81. The molecule has 0 spiro atoms. The van der Waals surface area contributed by atoms with E-state index in [1.807, 2.05) is 7.05 Å². The van der Waals surface area contributed by atoms with Gasteiger partial charge < -0.3 is 11.7 Å². The van der Waals surface area contributed by atoms with Gasteiger partial charge in [0.15, 0.2) is 11.5 Å². The molecule has 0 radical (unpaired) electrons. The van der Waals surface area contributed by atoms with Crippen molar-refractivity contribution in [2.75, 3.05) is 12.4 Å². The number of hydrogen-bond acceptors (Lipinski definition) is 4. The molecule has 0 saturated carbocycles. The van der Waals surface area contributed by atoms with Crippen LogP contribution in [0.4, 0.5) is 5.82 Å². The molecule has 2 N–H and O–H groups in total. The molecule has 2 rings (SSSR count). The largest absolute Gasteiger partial charge is 1.00 e. The third kappa shape index (κ3) is 1.43. The van der Waals surface area contributed by atoms with E-state index < -0.39 is 0 Å². The maximum Gasteiger partial charge on any atom is 1.00 e. The Hall–Kier alpha value is -0.650. The van der Waals surface area contributed by atoms with Crippen LogP contribution < -0.4 is 34.9 Å². The molecule has 0 bridgehead atoms. The monoisotopic (exact) mass is 173 g/mol. The number of rotatable bonds is 1. The molecule has 0 aliphatic heterocycles. The molecule has 0 aliphatic carbocycles. The van der Waals surface area contributed by atoms with Gasteiger partial charge in [0.25, 0.3) is 0 Å². The van der Waals surface area contributed by atoms with E-state index in [9.17, 15) is 0 Å². The number of aromatic amines is 1. The van der Waals surface area contributed by atoms with Crippen molar-refractivity contribution in [3.8, 4) is 0 Å². The SMILES string of the molecule is CNc1ncnc2nc[nH]c12.[H-].[Na+]. The van der Waals surface area contributed by atoms with Crippen molar-refractivity contribution in [3.05, 3.63) is 12.7 Å². The minimum absolute atomic E-state index is 0. The molecular weight excluding hydrogens is 165 g/mol. The third-order valence-corrected chi connectivity index (χ3v) is 1.46.